The van der Waals surface area contributed by atoms with Gasteiger partial charge in [-0.15, -0.1) is 0 Å². The summed E-state index contributed by atoms with van der Waals surface area (Å²) in [6.45, 7) is 2.09. The number of carbonyl (C=O) groups excluding carboxylic acids is 1. The Morgan fingerprint density at radius 2 is 1.91 bits per heavy atom. The van der Waals surface area contributed by atoms with Crippen LogP contribution in [-0.2, 0) is 11.2 Å². The lowest BCUT2D eigenvalue weighted by Crippen LogP contribution is -2.18. The predicted molar refractivity (Wildman–Crippen MR) is 88.9 cm³/mol. The minimum Gasteiger partial charge on any atom is -0.326 e. The van der Waals surface area contributed by atoms with Crippen LogP contribution in [0.5, 0.6) is 0 Å². The largest absolute Gasteiger partial charge is 0.326 e. The van der Waals surface area contributed by atoms with E-state index in [0.29, 0.717) is 6.42 Å². The molecule has 22 heavy (non-hydrogen) atoms. The number of fused-ring (bicyclic) bond motifs is 2. The first-order valence-corrected chi connectivity index (χ1v) is 7.50. The molecule has 1 N–H and O–H groups in total. The zero-order valence-electron chi connectivity index (χ0n) is 12.4. The average molecular weight is 288 g/mol. The second kappa shape index (κ2) is 4.95. The summed E-state index contributed by atoms with van der Waals surface area (Å²) in [4.78, 5) is 16.3. The van der Waals surface area contributed by atoms with E-state index in [2.05, 4.69) is 30.4 Å². The summed E-state index contributed by atoms with van der Waals surface area (Å²) in [6.07, 6.45) is 1.35. The maximum atomic E-state index is 11.5. The van der Waals surface area contributed by atoms with Gasteiger partial charge in [0.2, 0.25) is 5.91 Å². The molecule has 1 aliphatic rings. The summed E-state index contributed by atoms with van der Waals surface area (Å²) in [5.74, 6) is 0.0975. The minimum atomic E-state index is 0.0975. The summed E-state index contributed by atoms with van der Waals surface area (Å²) in [7, 11) is 0. The van der Waals surface area contributed by atoms with Crippen LogP contribution in [0.2, 0.25) is 0 Å². The monoisotopic (exact) mass is 288 g/mol. The number of aromatic nitrogens is 1. The topological polar surface area (TPSA) is 42.0 Å². The summed E-state index contributed by atoms with van der Waals surface area (Å²) in [5.41, 5.74) is 6.41. The van der Waals surface area contributed by atoms with Crippen LogP contribution in [0.25, 0.3) is 22.2 Å². The zero-order chi connectivity index (χ0) is 15.1. The molecule has 3 nitrogen and oxygen atoms in total. The molecule has 0 spiro atoms. The van der Waals surface area contributed by atoms with Gasteiger partial charge in [-0.3, -0.25) is 4.79 Å². The lowest BCUT2D eigenvalue weighted by atomic mass is 9.97. The number of pyridine rings is 1. The molecule has 2 heterocycles. The molecule has 108 valence electrons. The fraction of sp³-hybridized carbons (Fsp3) is 0.158. The van der Waals surface area contributed by atoms with Crippen LogP contribution in [0.4, 0.5) is 5.69 Å². The van der Waals surface area contributed by atoms with Gasteiger partial charge in [-0.2, -0.15) is 0 Å². The van der Waals surface area contributed by atoms with Crippen molar-refractivity contribution in [2.45, 2.75) is 19.8 Å². The van der Waals surface area contributed by atoms with Gasteiger partial charge in [0, 0.05) is 23.1 Å². The Morgan fingerprint density at radius 1 is 1.05 bits per heavy atom. The van der Waals surface area contributed by atoms with Crippen LogP contribution in [0.1, 0.15) is 17.5 Å². The number of amides is 1. The third kappa shape index (κ3) is 2.15. The Kier molecular flexibility index (Phi) is 2.93. The van der Waals surface area contributed by atoms with Gasteiger partial charge < -0.3 is 5.32 Å². The van der Waals surface area contributed by atoms with Crippen molar-refractivity contribution in [1.29, 1.82) is 0 Å². The predicted octanol–water partition coefficient (Wildman–Crippen LogP) is 4.09. The summed E-state index contributed by atoms with van der Waals surface area (Å²) in [6, 6.07) is 16.5. The Bertz CT molecular complexity index is 899. The Labute approximate surface area is 129 Å². The lowest BCUT2D eigenvalue weighted by Gasteiger charge is -2.18. The molecule has 0 bridgehead atoms. The summed E-state index contributed by atoms with van der Waals surface area (Å²) < 4.78 is 0. The van der Waals surface area contributed by atoms with Crippen molar-refractivity contribution in [2.24, 2.45) is 0 Å². The minimum absolute atomic E-state index is 0.0975. The van der Waals surface area contributed by atoms with Gasteiger partial charge in [0.25, 0.3) is 0 Å². The molecule has 0 radical (unpaired) electrons. The van der Waals surface area contributed by atoms with E-state index in [1.165, 1.54) is 11.1 Å². The van der Waals surface area contributed by atoms with Gasteiger partial charge in [-0.05, 0) is 48.7 Å². The first-order chi connectivity index (χ1) is 10.7. The maximum absolute atomic E-state index is 11.5. The van der Waals surface area contributed by atoms with Crippen molar-refractivity contribution in [1.82, 2.24) is 4.98 Å². The third-order valence-corrected chi connectivity index (χ3v) is 4.19. The second-order valence-corrected chi connectivity index (χ2v) is 5.77. The molecule has 0 fully saturated rings. The van der Waals surface area contributed by atoms with Crippen molar-refractivity contribution in [2.75, 3.05) is 5.32 Å². The van der Waals surface area contributed by atoms with Gasteiger partial charge in [0.1, 0.15) is 0 Å². The molecule has 0 aliphatic carbocycles. The number of hydrogen-bond donors (Lipinski definition) is 1. The maximum Gasteiger partial charge on any atom is 0.224 e. The van der Waals surface area contributed by atoms with Gasteiger partial charge in [0.05, 0.1) is 11.2 Å². The molecule has 3 heteroatoms. The molecule has 1 aliphatic heterocycles. The number of hydrogen-bond acceptors (Lipinski definition) is 2. The normalized spacial score (nSPS) is 13.8. The number of aryl methyl sites for hydroxylation is 2. The molecule has 0 unspecified atom stereocenters. The number of nitrogens with zero attached hydrogens (tertiary/aromatic N) is 1. The Balaban J connectivity index is 1.85. The van der Waals surface area contributed by atoms with Gasteiger partial charge in [-0.25, -0.2) is 4.98 Å². The van der Waals surface area contributed by atoms with Gasteiger partial charge in [-0.1, -0.05) is 24.3 Å². The molecule has 1 amide bonds. The summed E-state index contributed by atoms with van der Waals surface area (Å²) in [5, 5.41) is 4.08. The smallest absolute Gasteiger partial charge is 0.224 e. The van der Waals surface area contributed by atoms with Gasteiger partial charge >= 0.3 is 0 Å². The van der Waals surface area contributed by atoms with Crippen LogP contribution in [-0.4, -0.2) is 10.9 Å². The standard InChI is InChI=1S/C19H16N2O/c1-12-10-13-4-2-3-5-16(13)21-19(12)15-6-8-17-14(11-15)7-9-18(22)20-17/h2-6,8,10-11H,7,9H2,1H3,(H,20,22). The molecule has 4 rings (SSSR count). The second-order valence-electron chi connectivity index (χ2n) is 5.77. The van der Waals surface area contributed by atoms with Gasteiger partial charge in [0.15, 0.2) is 0 Å². The van der Waals surface area contributed by atoms with Crippen LogP contribution < -0.4 is 5.32 Å². The van der Waals surface area contributed by atoms with Crippen molar-refractivity contribution in [3.05, 3.63) is 59.7 Å². The van der Waals surface area contributed by atoms with E-state index >= 15 is 0 Å². The van der Waals surface area contributed by atoms with Crippen LogP contribution in [0.15, 0.2) is 48.5 Å². The highest BCUT2D eigenvalue weighted by atomic mass is 16.1. The van der Waals surface area contributed by atoms with E-state index in [4.69, 9.17) is 4.98 Å². The number of para-hydroxylation sites is 1. The average Bonchev–Trinajstić information content (AvgIpc) is 2.54. The lowest BCUT2D eigenvalue weighted by molar-refractivity contribution is -0.116. The highest BCUT2D eigenvalue weighted by molar-refractivity contribution is 5.94. The molecule has 2 aromatic carbocycles. The molecule has 3 aromatic rings. The number of benzene rings is 2. The van der Waals surface area contributed by atoms with E-state index in [-0.39, 0.29) is 5.91 Å². The Hall–Kier alpha value is -2.68. The highest BCUT2D eigenvalue weighted by Gasteiger charge is 2.16. The van der Waals surface area contributed by atoms with Crippen molar-refractivity contribution in [3.63, 3.8) is 0 Å². The molecular formula is C19H16N2O. The van der Waals surface area contributed by atoms with E-state index in [1.54, 1.807) is 0 Å². The quantitative estimate of drug-likeness (QED) is 0.732. The van der Waals surface area contributed by atoms with Crippen molar-refractivity contribution >= 4 is 22.5 Å². The number of rotatable bonds is 1. The van der Waals surface area contributed by atoms with E-state index in [0.717, 1.165) is 34.3 Å². The van der Waals surface area contributed by atoms with Crippen LogP contribution in [0, 0.1) is 6.92 Å². The van der Waals surface area contributed by atoms with E-state index < -0.39 is 0 Å². The SMILES string of the molecule is Cc1cc2ccccc2nc1-c1ccc2c(c1)CCC(=O)N2. The molecular weight excluding hydrogens is 272 g/mol. The van der Waals surface area contributed by atoms with Crippen molar-refractivity contribution in [3.8, 4) is 11.3 Å². The number of nitrogens with one attached hydrogen (secondary N) is 1. The third-order valence-electron chi connectivity index (χ3n) is 4.19. The van der Waals surface area contributed by atoms with E-state index in [9.17, 15) is 4.79 Å². The molecule has 0 saturated heterocycles. The first-order valence-electron chi connectivity index (χ1n) is 7.50. The van der Waals surface area contributed by atoms with Crippen molar-refractivity contribution < 1.29 is 4.79 Å². The number of carbonyl (C=O) groups is 1. The highest BCUT2D eigenvalue weighted by Crippen LogP contribution is 2.30. The summed E-state index contributed by atoms with van der Waals surface area (Å²) >= 11 is 0. The fourth-order valence-electron chi connectivity index (χ4n) is 3.04. The van der Waals surface area contributed by atoms with E-state index in [1.807, 2.05) is 30.3 Å². The first kappa shape index (κ1) is 13.0. The molecule has 0 saturated carbocycles. The number of anilines is 1. The van der Waals surface area contributed by atoms with Crippen LogP contribution >= 0.6 is 0 Å². The fourth-order valence-corrected chi connectivity index (χ4v) is 3.04. The Morgan fingerprint density at radius 3 is 2.82 bits per heavy atom. The molecule has 1 aromatic heterocycles. The zero-order valence-corrected chi connectivity index (χ0v) is 12.4. The van der Waals surface area contributed by atoms with Crippen LogP contribution in [0.3, 0.4) is 0 Å². The molecule has 0 atom stereocenters.